The molecule has 1 N–H and O–H groups in total. The van der Waals surface area contributed by atoms with Gasteiger partial charge in [0.1, 0.15) is 5.75 Å². The predicted molar refractivity (Wildman–Crippen MR) is 101 cm³/mol. The summed E-state index contributed by atoms with van der Waals surface area (Å²) in [6.45, 7) is 8.97. The van der Waals surface area contributed by atoms with E-state index in [2.05, 4.69) is 19.9 Å². The Labute approximate surface area is 154 Å². The number of phenols is 1. The van der Waals surface area contributed by atoms with E-state index in [4.69, 9.17) is 16.3 Å². The Hall–Kier alpha value is -2.07. The lowest BCUT2D eigenvalue weighted by molar-refractivity contribution is -0.131. The van der Waals surface area contributed by atoms with Gasteiger partial charge < -0.3 is 9.84 Å². The molecule has 0 atom stereocenters. The van der Waals surface area contributed by atoms with Crippen LogP contribution in [0.4, 0.5) is 0 Å². The molecule has 25 heavy (non-hydrogen) atoms. The van der Waals surface area contributed by atoms with Crippen molar-refractivity contribution < 1.29 is 19.4 Å². The molecule has 0 saturated carbocycles. The van der Waals surface area contributed by atoms with Gasteiger partial charge in [0, 0.05) is 12.5 Å². The van der Waals surface area contributed by atoms with E-state index in [1.165, 1.54) is 12.5 Å². The number of carbonyl (C=O) groups excluding carboxylic acids is 2. The summed E-state index contributed by atoms with van der Waals surface area (Å²) < 4.78 is 5.20. The van der Waals surface area contributed by atoms with Crippen LogP contribution in [0.1, 0.15) is 62.0 Å². The van der Waals surface area contributed by atoms with Crippen molar-refractivity contribution in [2.75, 3.05) is 0 Å². The Morgan fingerprint density at radius 2 is 1.84 bits per heavy atom. The number of rotatable bonds is 7. The molecule has 0 bridgehead atoms. The number of hydrogen-bond acceptors (Lipinski definition) is 4. The van der Waals surface area contributed by atoms with Crippen LogP contribution in [0.2, 0.25) is 5.02 Å². The van der Waals surface area contributed by atoms with Gasteiger partial charge in [0.2, 0.25) is 0 Å². The minimum absolute atomic E-state index is 0.114. The molecule has 0 aliphatic carbocycles. The van der Waals surface area contributed by atoms with Crippen molar-refractivity contribution in [3.8, 4) is 11.5 Å². The molecule has 0 heterocycles. The van der Waals surface area contributed by atoms with Crippen LogP contribution in [0.5, 0.6) is 11.5 Å². The van der Waals surface area contributed by atoms with Gasteiger partial charge in [-0.2, -0.15) is 0 Å². The number of ether oxygens (including phenoxy) is 1. The average Bonchev–Trinajstić information content (AvgIpc) is 2.52. The number of halogens is 1. The van der Waals surface area contributed by atoms with Gasteiger partial charge in [0.15, 0.2) is 12.0 Å². The third-order valence-electron chi connectivity index (χ3n) is 3.86. The maximum Gasteiger partial charge on any atom is 0.308 e. The Morgan fingerprint density at radius 3 is 2.36 bits per heavy atom. The highest BCUT2D eigenvalue weighted by Crippen LogP contribution is 2.41. The van der Waals surface area contributed by atoms with Crippen molar-refractivity contribution in [3.05, 3.63) is 45.0 Å². The smallest absolute Gasteiger partial charge is 0.308 e. The van der Waals surface area contributed by atoms with Crippen molar-refractivity contribution in [1.29, 1.82) is 0 Å². The molecule has 1 aromatic rings. The van der Waals surface area contributed by atoms with Gasteiger partial charge in [-0.1, -0.05) is 34.9 Å². The van der Waals surface area contributed by atoms with E-state index in [9.17, 15) is 14.7 Å². The topological polar surface area (TPSA) is 63.6 Å². The van der Waals surface area contributed by atoms with Crippen LogP contribution in [0.25, 0.3) is 0 Å². The van der Waals surface area contributed by atoms with Crippen LogP contribution >= 0.6 is 11.6 Å². The molecule has 0 amide bonds. The highest BCUT2D eigenvalue weighted by Gasteiger charge is 2.22. The maximum absolute atomic E-state index is 11.4. The van der Waals surface area contributed by atoms with Crippen LogP contribution in [0, 0.1) is 6.92 Å². The second-order valence-electron chi connectivity index (χ2n) is 6.30. The van der Waals surface area contributed by atoms with Crippen LogP contribution in [0.3, 0.4) is 0 Å². The molecule has 5 heteroatoms. The van der Waals surface area contributed by atoms with Crippen molar-refractivity contribution >= 4 is 23.9 Å². The molecular weight excluding hydrogens is 340 g/mol. The SMILES string of the molecule is CC(=O)Oc1c(Cl)c(C)c(C=O)c(O)c1C/C=C(\C)CCC=C(C)C. The van der Waals surface area contributed by atoms with Gasteiger partial charge in [0.25, 0.3) is 0 Å². The van der Waals surface area contributed by atoms with Crippen molar-refractivity contribution in [2.45, 2.75) is 53.9 Å². The number of hydrogen-bond donors (Lipinski definition) is 1. The monoisotopic (exact) mass is 364 g/mol. The molecule has 0 aromatic heterocycles. The molecule has 0 spiro atoms. The number of aromatic hydroxyl groups is 1. The minimum atomic E-state index is -0.537. The highest BCUT2D eigenvalue weighted by atomic mass is 35.5. The molecule has 0 saturated heterocycles. The second kappa shape index (κ2) is 9.42. The predicted octanol–water partition coefficient (Wildman–Crippen LogP) is 5.33. The number of benzene rings is 1. The van der Waals surface area contributed by atoms with Crippen LogP contribution in [-0.4, -0.2) is 17.4 Å². The van der Waals surface area contributed by atoms with Crippen molar-refractivity contribution in [2.24, 2.45) is 0 Å². The molecule has 0 unspecified atom stereocenters. The number of phenolic OH excluding ortho intramolecular Hbond substituents is 1. The van der Waals surface area contributed by atoms with Gasteiger partial charge in [-0.25, -0.2) is 0 Å². The molecule has 136 valence electrons. The minimum Gasteiger partial charge on any atom is -0.507 e. The standard InChI is InChI=1S/C20H25ClO4/c1-12(2)7-6-8-13(3)9-10-16-19(24)17(11-22)14(4)18(21)20(16)25-15(5)23/h7,9,11,24H,6,8,10H2,1-5H3/b13-9+. The van der Waals surface area contributed by atoms with E-state index in [-0.39, 0.29) is 22.1 Å². The zero-order chi connectivity index (χ0) is 19.1. The van der Waals surface area contributed by atoms with Crippen molar-refractivity contribution in [1.82, 2.24) is 0 Å². The van der Waals surface area contributed by atoms with Crippen molar-refractivity contribution in [3.63, 3.8) is 0 Å². The molecular formula is C20H25ClO4. The summed E-state index contributed by atoms with van der Waals surface area (Å²) in [7, 11) is 0. The van der Waals surface area contributed by atoms with Crippen LogP contribution in [0.15, 0.2) is 23.3 Å². The van der Waals surface area contributed by atoms with E-state index in [1.807, 2.05) is 13.0 Å². The van der Waals surface area contributed by atoms with Gasteiger partial charge in [-0.15, -0.1) is 0 Å². The van der Waals surface area contributed by atoms with E-state index >= 15 is 0 Å². The molecule has 0 aliphatic heterocycles. The maximum atomic E-state index is 11.4. The van der Waals surface area contributed by atoms with Crippen LogP contribution < -0.4 is 4.74 Å². The molecule has 4 nitrogen and oxygen atoms in total. The van der Waals surface area contributed by atoms with Gasteiger partial charge in [-0.05, 0) is 52.5 Å². The summed E-state index contributed by atoms with van der Waals surface area (Å²) in [5, 5.41) is 10.6. The third-order valence-corrected chi connectivity index (χ3v) is 4.31. The number of allylic oxidation sites excluding steroid dienone is 4. The lowest BCUT2D eigenvalue weighted by Gasteiger charge is -2.16. The summed E-state index contributed by atoms with van der Waals surface area (Å²) in [6, 6.07) is 0. The number of esters is 1. The third kappa shape index (κ3) is 5.75. The Morgan fingerprint density at radius 1 is 1.20 bits per heavy atom. The summed E-state index contributed by atoms with van der Waals surface area (Å²) in [4.78, 5) is 22.7. The molecule has 1 aromatic carbocycles. The van der Waals surface area contributed by atoms with E-state index in [0.717, 1.165) is 18.4 Å². The first-order valence-electron chi connectivity index (χ1n) is 8.15. The molecule has 0 aliphatic rings. The molecule has 0 fully saturated rings. The normalized spacial score (nSPS) is 11.2. The molecule has 1 rings (SSSR count). The fourth-order valence-corrected chi connectivity index (χ4v) is 2.67. The highest BCUT2D eigenvalue weighted by molar-refractivity contribution is 6.33. The first-order valence-corrected chi connectivity index (χ1v) is 8.53. The first-order chi connectivity index (χ1) is 11.7. The number of aldehydes is 1. The van der Waals surface area contributed by atoms with Gasteiger partial charge >= 0.3 is 5.97 Å². The van der Waals surface area contributed by atoms with E-state index in [0.29, 0.717) is 23.8 Å². The van der Waals surface area contributed by atoms with Crippen LogP contribution in [-0.2, 0) is 11.2 Å². The largest absolute Gasteiger partial charge is 0.507 e. The average molecular weight is 365 g/mol. The summed E-state index contributed by atoms with van der Waals surface area (Å²) in [5.41, 5.74) is 3.25. The molecule has 0 radical (unpaired) electrons. The van der Waals surface area contributed by atoms with E-state index in [1.54, 1.807) is 6.92 Å². The Balaban J connectivity index is 3.23. The first kappa shape index (κ1) is 21.0. The number of carbonyl (C=O) groups is 2. The summed E-state index contributed by atoms with van der Waals surface area (Å²) >= 11 is 6.26. The fraction of sp³-hybridized carbons (Fsp3) is 0.400. The lowest BCUT2D eigenvalue weighted by Crippen LogP contribution is -2.07. The van der Waals surface area contributed by atoms with Gasteiger partial charge in [-0.3, -0.25) is 9.59 Å². The Kier molecular flexibility index (Phi) is 7.91. The zero-order valence-electron chi connectivity index (χ0n) is 15.4. The summed E-state index contributed by atoms with van der Waals surface area (Å²) in [5.74, 6) is -0.616. The Bertz CT molecular complexity index is 726. The lowest BCUT2D eigenvalue weighted by atomic mass is 9.98. The van der Waals surface area contributed by atoms with Gasteiger partial charge in [0.05, 0.1) is 10.6 Å². The second-order valence-corrected chi connectivity index (χ2v) is 6.67. The quantitative estimate of drug-likeness (QED) is 0.307. The van der Waals surface area contributed by atoms with E-state index < -0.39 is 5.97 Å². The summed E-state index contributed by atoms with van der Waals surface area (Å²) in [6.07, 6.45) is 6.79. The zero-order valence-corrected chi connectivity index (χ0v) is 16.2. The fourth-order valence-electron chi connectivity index (χ4n) is 2.42.